The average molecular weight is 156 g/mol. The second kappa shape index (κ2) is 4.16. The number of carbonyl (C=O) groups is 1. The van der Waals surface area contributed by atoms with Gasteiger partial charge in [-0.2, -0.15) is 0 Å². The van der Waals surface area contributed by atoms with E-state index in [4.69, 9.17) is 5.11 Å². The van der Waals surface area contributed by atoms with E-state index in [9.17, 15) is 4.79 Å². The Balaban J connectivity index is 3.89. The number of carboxylic acids is 1. The van der Waals surface area contributed by atoms with Gasteiger partial charge in [0.05, 0.1) is 6.42 Å². The maximum absolute atomic E-state index is 10.4. The number of hydrogen-bond donors (Lipinski definition) is 1. The van der Waals surface area contributed by atoms with Gasteiger partial charge in [0, 0.05) is 0 Å². The zero-order valence-corrected chi connectivity index (χ0v) is 7.42. The van der Waals surface area contributed by atoms with Gasteiger partial charge < -0.3 is 5.11 Å². The zero-order chi connectivity index (χ0) is 8.91. The van der Waals surface area contributed by atoms with Crippen molar-refractivity contribution in [2.45, 2.75) is 33.6 Å². The van der Waals surface area contributed by atoms with Crippen LogP contribution >= 0.6 is 0 Å². The fourth-order valence-electron chi connectivity index (χ4n) is 0.918. The topological polar surface area (TPSA) is 37.3 Å². The number of carboxylic acid groups (broad SMARTS) is 1. The van der Waals surface area contributed by atoms with E-state index in [0.717, 1.165) is 6.42 Å². The predicted molar refractivity (Wildman–Crippen MR) is 45.5 cm³/mol. The van der Waals surface area contributed by atoms with Gasteiger partial charge in [0.1, 0.15) is 0 Å². The van der Waals surface area contributed by atoms with E-state index in [1.807, 2.05) is 32.9 Å². The first-order valence-electron chi connectivity index (χ1n) is 3.81. The molecule has 2 heteroatoms. The molecule has 0 saturated heterocycles. The van der Waals surface area contributed by atoms with Crippen molar-refractivity contribution in [1.82, 2.24) is 0 Å². The molecular weight excluding hydrogens is 140 g/mol. The van der Waals surface area contributed by atoms with Gasteiger partial charge in [-0.05, 0) is 18.8 Å². The highest BCUT2D eigenvalue weighted by atomic mass is 16.4. The summed E-state index contributed by atoms with van der Waals surface area (Å²) in [7, 11) is 0. The molecule has 0 unspecified atom stereocenters. The number of allylic oxidation sites excluding steroid dienone is 2. The molecule has 11 heavy (non-hydrogen) atoms. The highest BCUT2D eigenvalue weighted by Crippen LogP contribution is 2.25. The van der Waals surface area contributed by atoms with Crippen molar-refractivity contribution in [1.29, 1.82) is 0 Å². The van der Waals surface area contributed by atoms with Crippen molar-refractivity contribution in [3.8, 4) is 0 Å². The second-order valence-corrected chi connectivity index (χ2v) is 3.51. The maximum atomic E-state index is 10.4. The van der Waals surface area contributed by atoms with Gasteiger partial charge in [-0.3, -0.25) is 4.79 Å². The molecular formula is C9H16O2. The van der Waals surface area contributed by atoms with Gasteiger partial charge in [-0.1, -0.05) is 26.0 Å². The molecule has 0 aliphatic carbocycles. The van der Waals surface area contributed by atoms with Gasteiger partial charge >= 0.3 is 5.97 Å². The van der Waals surface area contributed by atoms with Crippen molar-refractivity contribution in [2.75, 3.05) is 0 Å². The summed E-state index contributed by atoms with van der Waals surface area (Å²) >= 11 is 0. The van der Waals surface area contributed by atoms with Crippen LogP contribution in [0.1, 0.15) is 33.6 Å². The molecule has 0 heterocycles. The van der Waals surface area contributed by atoms with Crippen LogP contribution in [0.25, 0.3) is 0 Å². The van der Waals surface area contributed by atoms with Gasteiger partial charge in [0.2, 0.25) is 0 Å². The molecule has 0 radical (unpaired) electrons. The Labute approximate surface area is 67.9 Å². The van der Waals surface area contributed by atoms with E-state index < -0.39 is 5.97 Å². The third-order valence-corrected chi connectivity index (χ3v) is 1.54. The van der Waals surface area contributed by atoms with E-state index in [1.165, 1.54) is 0 Å². The SMILES string of the molecule is CC=CCC(C)(C)CC(=O)O. The zero-order valence-electron chi connectivity index (χ0n) is 7.42. The predicted octanol–water partition coefficient (Wildman–Crippen LogP) is 2.45. The summed E-state index contributed by atoms with van der Waals surface area (Å²) in [6.45, 7) is 5.86. The lowest BCUT2D eigenvalue weighted by Gasteiger charge is -2.19. The van der Waals surface area contributed by atoms with Crippen LogP contribution in [0.4, 0.5) is 0 Å². The van der Waals surface area contributed by atoms with Crippen molar-refractivity contribution in [2.24, 2.45) is 5.41 Å². The van der Waals surface area contributed by atoms with Crippen LogP contribution in [0, 0.1) is 5.41 Å². The fraction of sp³-hybridized carbons (Fsp3) is 0.667. The van der Waals surface area contributed by atoms with Crippen LogP contribution in [0.3, 0.4) is 0 Å². The highest BCUT2D eigenvalue weighted by molar-refractivity contribution is 5.67. The number of hydrogen-bond acceptors (Lipinski definition) is 1. The second-order valence-electron chi connectivity index (χ2n) is 3.51. The van der Waals surface area contributed by atoms with Crippen molar-refractivity contribution in [3.63, 3.8) is 0 Å². The highest BCUT2D eigenvalue weighted by Gasteiger charge is 2.19. The maximum Gasteiger partial charge on any atom is 0.303 e. The molecule has 0 fully saturated rings. The number of rotatable bonds is 4. The Morgan fingerprint density at radius 3 is 2.45 bits per heavy atom. The monoisotopic (exact) mass is 156 g/mol. The Bertz CT molecular complexity index is 157. The first-order chi connectivity index (χ1) is 4.98. The van der Waals surface area contributed by atoms with Crippen molar-refractivity contribution < 1.29 is 9.90 Å². The summed E-state index contributed by atoms with van der Waals surface area (Å²) in [5.41, 5.74) is -0.113. The van der Waals surface area contributed by atoms with Crippen LogP contribution in [0.15, 0.2) is 12.2 Å². The Morgan fingerprint density at radius 2 is 2.09 bits per heavy atom. The normalized spacial score (nSPS) is 12.3. The Kier molecular flexibility index (Phi) is 3.86. The summed E-state index contributed by atoms with van der Waals surface area (Å²) in [6, 6.07) is 0. The molecule has 0 atom stereocenters. The fourth-order valence-corrected chi connectivity index (χ4v) is 0.918. The summed E-state index contributed by atoms with van der Waals surface area (Å²) in [4.78, 5) is 10.4. The summed E-state index contributed by atoms with van der Waals surface area (Å²) < 4.78 is 0. The number of aliphatic carboxylic acids is 1. The van der Waals surface area contributed by atoms with E-state index in [1.54, 1.807) is 0 Å². The molecule has 0 aliphatic heterocycles. The quantitative estimate of drug-likeness (QED) is 0.635. The minimum Gasteiger partial charge on any atom is -0.481 e. The van der Waals surface area contributed by atoms with Gasteiger partial charge in [0.25, 0.3) is 0 Å². The Hall–Kier alpha value is -0.790. The van der Waals surface area contributed by atoms with Gasteiger partial charge in [0.15, 0.2) is 0 Å². The molecule has 0 saturated carbocycles. The first kappa shape index (κ1) is 10.2. The van der Waals surface area contributed by atoms with Gasteiger partial charge in [-0.15, -0.1) is 0 Å². The molecule has 0 aromatic heterocycles. The molecule has 0 bridgehead atoms. The lowest BCUT2D eigenvalue weighted by molar-refractivity contribution is -0.139. The molecule has 0 rings (SSSR count). The molecule has 1 N–H and O–H groups in total. The van der Waals surface area contributed by atoms with E-state index >= 15 is 0 Å². The molecule has 0 spiro atoms. The standard InChI is InChI=1S/C9H16O2/c1-4-5-6-9(2,3)7-8(10)11/h4-5H,6-7H2,1-3H3,(H,10,11). The smallest absolute Gasteiger partial charge is 0.303 e. The van der Waals surface area contributed by atoms with Crippen molar-refractivity contribution >= 4 is 5.97 Å². The van der Waals surface area contributed by atoms with Crippen molar-refractivity contribution in [3.05, 3.63) is 12.2 Å². The average Bonchev–Trinajstić information content (AvgIpc) is 1.81. The third kappa shape index (κ3) is 5.64. The van der Waals surface area contributed by atoms with E-state index in [0.29, 0.717) is 0 Å². The molecule has 0 aromatic rings. The summed E-state index contributed by atoms with van der Waals surface area (Å²) in [5.74, 6) is -0.723. The summed E-state index contributed by atoms with van der Waals surface area (Å²) in [5, 5.41) is 8.52. The van der Waals surface area contributed by atoms with Crippen LogP contribution in [-0.2, 0) is 4.79 Å². The molecule has 0 amide bonds. The largest absolute Gasteiger partial charge is 0.481 e. The minimum absolute atomic E-state index is 0.113. The van der Waals surface area contributed by atoms with Crippen LogP contribution < -0.4 is 0 Å². The summed E-state index contributed by atoms with van der Waals surface area (Å²) in [6.07, 6.45) is 5.01. The molecule has 0 aromatic carbocycles. The van der Waals surface area contributed by atoms with E-state index in [2.05, 4.69) is 0 Å². The molecule has 0 aliphatic rings. The minimum atomic E-state index is -0.723. The molecule has 64 valence electrons. The molecule has 2 nitrogen and oxygen atoms in total. The Morgan fingerprint density at radius 1 is 1.55 bits per heavy atom. The van der Waals surface area contributed by atoms with E-state index in [-0.39, 0.29) is 11.8 Å². The van der Waals surface area contributed by atoms with Crippen LogP contribution in [-0.4, -0.2) is 11.1 Å². The van der Waals surface area contributed by atoms with Crippen LogP contribution in [0.2, 0.25) is 0 Å². The lowest BCUT2D eigenvalue weighted by Crippen LogP contribution is -2.15. The van der Waals surface area contributed by atoms with Gasteiger partial charge in [-0.25, -0.2) is 0 Å². The first-order valence-corrected chi connectivity index (χ1v) is 3.81. The third-order valence-electron chi connectivity index (χ3n) is 1.54. The van der Waals surface area contributed by atoms with Crippen LogP contribution in [0.5, 0.6) is 0 Å². The lowest BCUT2D eigenvalue weighted by atomic mass is 9.86.